The molecule has 0 spiro atoms. The molecule has 0 amide bonds. The van der Waals surface area contributed by atoms with Crippen LogP contribution in [0.15, 0.2) is 54.6 Å². The summed E-state index contributed by atoms with van der Waals surface area (Å²) in [5.41, 5.74) is 1.27. The quantitative estimate of drug-likeness (QED) is 0.247. The molecule has 3 rings (SSSR count). The second-order valence-corrected chi connectivity index (χ2v) is 10.6. The van der Waals surface area contributed by atoms with Gasteiger partial charge in [0, 0.05) is 50.1 Å². The van der Waals surface area contributed by atoms with Crippen molar-refractivity contribution in [1.29, 1.82) is 0 Å². The maximum atomic E-state index is 14.4. The second-order valence-electron chi connectivity index (χ2n) is 7.90. The van der Waals surface area contributed by atoms with E-state index in [0.29, 0.717) is 55.8 Å². The topological polar surface area (TPSA) is 55.4 Å². The molecule has 10 heteroatoms. The number of hydrogen-bond donors (Lipinski definition) is 0. The Hall–Kier alpha value is -1.82. The molecule has 2 unspecified atom stereocenters. The fraction of sp³-hybridized carbons (Fsp3) is 0.500. The standard InChI is InChI=1S/C24H34BF2O6Si/c1-4-29-34(30-5-2,31-6-3)18-12-17-28-22-16-11-10-15-21(22)24-19-23(32-25(26,27)33-24)20-13-8-7-9-14-20/h7-11,13-16,23-24H,4-6,12,17-19H2,1-3H3/q-1. The summed E-state index contributed by atoms with van der Waals surface area (Å²) in [7, 11) is -7.18. The molecule has 2 atom stereocenters. The number of benzene rings is 2. The summed E-state index contributed by atoms with van der Waals surface area (Å²) in [6.07, 6.45) is -0.717. The van der Waals surface area contributed by atoms with Gasteiger partial charge in [0.05, 0.1) is 6.61 Å². The van der Waals surface area contributed by atoms with E-state index < -0.39 is 28.1 Å². The Morgan fingerprint density at radius 2 is 1.44 bits per heavy atom. The summed E-state index contributed by atoms with van der Waals surface area (Å²) >= 11 is 0. The van der Waals surface area contributed by atoms with Crippen molar-refractivity contribution in [3.63, 3.8) is 0 Å². The van der Waals surface area contributed by atoms with Gasteiger partial charge in [0.15, 0.2) is 0 Å². The average Bonchev–Trinajstić information content (AvgIpc) is 2.82. The van der Waals surface area contributed by atoms with Crippen molar-refractivity contribution in [1.82, 2.24) is 0 Å². The van der Waals surface area contributed by atoms with Gasteiger partial charge in [-0.05, 0) is 38.8 Å². The Kier molecular flexibility index (Phi) is 10.1. The fourth-order valence-corrected chi connectivity index (χ4v) is 6.73. The third-order valence-corrected chi connectivity index (χ3v) is 8.64. The lowest BCUT2D eigenvalue weighted by Crippen LogP contribution is -2.46. The van der Waals surface area contributed by atoms with Gasteiger partial charge >= 0.3 is 15.9 Å². The van der Waals surface area contributed by atoms with Crippen LogP contribution in [0.4, 0.5) is 8.63 Å². The monoisotopic (exact) mass is 495 g/mol. The number of para-hydroxylation sites is 1. The second kappa shape index (κ2) is 12.8. The van der Waals surface area contributed by atoms with E-state index in [4.69, 9.17) is 27.3 Å². The number of rotatable bonds is 13. The van der Waals surface area contributed by atoms with Gasteiger partial charge in [0.2, 0.25) is 0 Å². The molecule has 2 aromatic carbocycles. The van der Waals surface area contributed by atoms with Gasteiger partial charge in [0.1, 0.15) is 5.75 Å². The highest BCUT2D eigenvalue weighted by atomic mass is 28.4. The van der Waals surface area contributed by atoms with Crippen LogP contribution in [0.3, 0.4) is 0 Å². The van der Waals surface area contributed by atoms with Crippen LogP contribution in [0, 0.1) is 0 Å². The highest BCUT2D eigenvalue weighted by molar-refractivity contribution is 6.60. The summed E-state index contributed by atoms with van der Waals surface area (Å²) in [6, 6.07) is 16.8. The zero-order valence-corrected chi connectivity index (χ0v) is 21.1. The van der Waals surface area contributed by atoms with Gasteiger partial charge < -0.3 is 36.0 Å². The molecule has 188 valence electrons. The Labute approximate surface area is 201 Å². The lowest BCUT2D eigenvalue weighted by atomic mass is 9.92. The lowest BCUT2D eigenvalue weighted by Gasteiger charge is -2.43. The van der Waals surface area contributed by atoms with E-state index in [1.807, 2.05) is 45.0 Å². The first kappa shape index (κ1) is 26.8. The van der Waals surface area contributed by atoms with Crippen molar-refractivity contribution in [2.24, 2.45) is 0 Å². The molecule has 0 saturated carbocycles. The molecule has 34 heavy (non-hydrogen) atoms. The Balaban J connectivity index is 1.68. The lowest BCUT2D eigenvalue weighted by molar-refractivity contribution is -0.0537. The molecule has 2 aromatic rings. The van der Waals surface area contributed by atoms with Gasteiger partial charge in [-0.1, -0.05) is 48.5 Å². The van der Waals surface area contributed by atoms with Crippen molar-refractivity contribution in [2.45, 2.75) is 51.9 Å². The molecular weight excluding hydrogens is 461 g/mol. The first-order valence-electron chi connectivity index (χ1n) is 12.0. The SMILES string of the molecule is CCO[Si](CCCOc1ccccc1C1CC(c2ccccc2)O[B-](F)(F)O1)(OCC)OCC. The zero-order valence-electron chi connectivity index (χ0n) is 20.1. The van der Waals surface area contributed by atoms with Crippen molar-refractivity contribution in [3.8, 4) is 5.75 Å². The molecule has 1 heterocycles. The van der Waals surface area contributed by atoms with Gasteiger partial charge in [-0.15, -0.1) is 0 Å². The Bertz CT molecular complexity index is 859. The summed E-state index contributed by atoms with van der Waals surface area (Å²) in [6.45, 7) is 7.65. The molecular formula is C24H34BF2O6Si-. The molecule has 0 aliphatic carbocycles. The maximum Gasteiger partial charge on any atom is 0.602 e. The summed E-state index contributed by atoms with van der Waals surface area (Å²) in [5.74, 6) is 0.518. The number of halogens is 2. The first-order chi connectivity index (χ1) is 16.4. The highest BCUT2D eigenvalue weighted by Gasteiger charge is 2.42. The van der Waals surface area contributed by atoms with Crippen LogP contribution in [0.5, 0.6) is 5.75 Å². The van der Waals surface area contributed by atoms with Crippen molar-refractivity contribution in [3.05, 3.63) is 65.7 Å². The molecule has 1 saturated heterocycles. The minimum absolute atomic E-state index is 0.261. The smallest absolute Gasteiger partial charge is 0.505 e. The third-order valence-electron chi connectivity index (χ3n) is 5.49. The van der Waals surface area contributed by atoms with E-state index in [1.54, 1.807) is 30.3 Å². The molecule has 1 aliphatic rings. The predicted molar refractivity (Wildman–Crippen MR) is 129 cm³/mol. The minimum atomic E-state index is -4.42. The van der Waals surface area contributed by atoms with Gasteiger partial charge in [0.25, 0.3) is 0 Å². The summed E-state index contributed by atoms with van der Waals surface area (Å²) < 4.78 is 62.5. The fourth-order valence-electron chi connectivity index (χ4n) is 4.15. The Morgan fingerprint density at radius 1 is 0.853 bits per heavy atom. The molecule has 6 nitrogen and oxygen atoms in total. The van der Waals surface area contributed by atoms with E-state index in [9.17, 15) is 8.63 Å². The minimum Gasteiger partial charge on any atom is -0.505 e. The van der Waals surface area contributed by atoms with E-state index >= 15 is 0 Å². The van der Waals surface area contributed by atoms with Crippen LogP contribution < -0.4 is 4.74 Å². The maximum absolute atomic E-state index is 14.4. The van der Waals surface area contributed by atoms with E-state index in [-0.39, 0.29) is 6.42 Å². The largest absolute Gasteiger partial charge is 0.602 e. The van der Waals surface area contributed by atoms with Crippen LogP contribution in [-0.4, -0.2) is 42.3 Å². The normalized spacial score (nSPS) is 20.3. The van der Waals surface area contributed by atoms with Crippen LogP contribution in [0.25, 0.3) is 0 Å². The number of hydrogen-bond acceptors (Lipinski definition) is 6. The molecule has 0 radical (unpaired) electrons. The van der Waals surface area contributed by atoms with E-state index in [2.05, 4.69) is 0 Å². The molecule has 0 bridgehead atoms. The van der Waals surface area contributed by atoms with Crippen molar-refractivity contribution in [2.75, 3.05) is 26.4 Å². The third kappa shape index (κ3) is 7.34. The summed E-state index contributed by atoms with van der Waals surface area (Å²) in [5, 5.41) is 0. The number of ether oxygens (including phenoxy) is 1. The van der Waals surface area contributed by atoms with Crippen LogP contribution in [0.1, 0.15) is 56.9 Å². The molecule has 0 N–H and O–H groups in total. The van der Waals surface area contributed by atoms with Crippen molar-refractivity contribution < 1.29 is 36.0 Å². The molecule has 0 aromatic heterocycles. The zero-order chi connectivity index (χ0) is 24.4. The predicted octanol–water partition coefficient (Wildman–Crippen LogP) is 6.10. The molecule has 1 aliphatic heterocycles. The van der Waals surface area contributed by atoms with Crippen molar-refractivity contribution >= 4 is 15.9 Å². The van der Waals surface area contributed by atoms with Crippen LogP contribution in [-0.2, 0) is 22.6 Å². The van der Waals surface area contributed by atoms with Gasteiger partial charge in [-0.3, -0.25) is 0 Å². The first-order valence-corrected chi connectivity index (χ1v) is 13.9. The van der Waals surface area contributed by atoms with Gasteiger partial charge in [-0.25, -0.2) is 0 Å². The van der Waals surface area contributed by atoms with E-state index in [1.165, 1.54) is 0 Å². The highest BCUT2D eigenvalue weighted by Crippen LogP contribution is 2.44. The molecule has 1 fully saturated rings. The Morgan fingerprint density at radius 3 is 2.09 bits per heavy atom. The summed E-state index contributed by atoms with van der Waals surface area (Å²) in [4.78, 5) is 0. The van der Waals surface area contributed by atoms with E-state index in [0.717, 1.165) is 0 Å². The van der Waals surface area contributed by atoms with Crippen LogP contribution in [0.2, 0.25) is 6.04 Å². The average molecular weight is 495 g/mol. The van der Waals surface area contributed by atoms with Gasteiger partial charge in [-0.2, -0.15) is 0 Å². The van der Waals surface area contributed by atoms with Crippen LogP contribution >= 0.6 is 0 Å².